The summed E-state index contributed by atoms with van der Waals surface area (Å²) in [5, 5.41) is 2.90. The van der Waals surface area contributed by atoms with Gasteiger partial charge in [0, 0.05) is 25.4 Å². The molecule has 1 aliphatic rings. The Morgan fingerprint density at radius 3 is 2.68 bits per heavy atom. The number of anilines is 1. The molecular formula is C14H21N3O2. The third-order valence-electron chi connectivity index (χ3n) is 4.02. The van der Waals surface area contributed by atoms with Crippen molar-refractivity contribution < 1.29 is 4.79 Å². The zero-order chi connectivity index (χ0) is 13.9. The van der Waals surface area contributed by atoms with Crippen molar-refractivity contribution in [2.24, 2.45) is 11.1 Å². The van der Waals surface area contributed by atoms with Crippen molar-refractivity contribution in [3.63, 3.8) is 0 Å². The predicted molar refractivity (Wildman–Crippen MR) is 75.0 cm³/mol. The molecular weight excluding hydrogens is 242 g/mol. The van der Waals surface area contributed by atoms with Crippen molar-refractivity contribution in [3.8, 4) is 0 Å². The normalized spacial score (nSPS) is 17.4. The SMILES string of the molecule is CCn1cc(NC(=O)C2(CN)CCCC2)ccc1=O. The van der Waals surface area contributed by atoms with Gasteiger partial charge in [-0.25, -0.2) is 0 Å². The third-order valence-corrected chi connectivity index (χ3v) is 4.02. The monoisotopic (exact) mass is 263 g/mol. The topological polar surface area (TPSA) is 77.1 Å². The van der Waals surface area contributed by atoms with Gasteiger partial charge in [0.1, 0.15) is 0 Å². The highest BCUT2D eigenvalue weighted by atomic mass is 16.2. The largest absolute Gasteiger partial charge is 0.329 e. The molecule has 1 aromatic rings. The van der Waals surface area contributed by atoms with Crippen molar-refractivity contribution >= 4 is 11.6 Å². The van der Waals surface area contributed by atoms with E-state index in [1.54, 1.807) is 16.8 Å². The standard InChI is InChI=1S/C14H21N3O2/c1-2-17-9-11(5-6-12(17)18)16-13(19)14(10-15)7-3-4-8-14/h5-6,9H,2-4,7-8,10,15H2,1H3,(H,16,19). The van der Waals surface area contributed by atoms with Crippen LogP contribution in [0.3, 0.4) is 0 Å². The number of amides is 1. The van der Waals surface area contributed by atoms with Crippen molar-refractivity contribution in [3.05, 3.63) is 28.7 Å². The Hall–Kier alpha value is -1.62. The number of carbonyl (C=O) groups is 1. The number of rotatable bonds is 4. The van der Waals surface area contributed by atoms with Crippen LogP contribution in [0.5, 0.6) is 0 Å². The first-order valence-electron chi connectivity index (χ1n) is 6.83. The first-order chi connectivity index (χ1) is 9.11. The molecule has 3 N–H and O–H groups in total. The van der Waals surface area contributed by atoms with E-state index in [-0.39, 0.29) is 11.5 Å². The van der Waals surface area contributed by atoms with E-state index >= 15 is 0 Å². The number of hydrogen-bond donors (Lipinski definition) is 2. The smallest absolute Gasteiger partial charge is 0.250 e. The number of aryl methyl sites for hydroxylation is 1. The van der Waals surface area contributed by atoms with Crippen molar-refractivity contribution in [2.45, 2.75) is 39.2 Å². The highest BCUT2D eigenvalue weighted by molar-refractivity contribution is 5.95. The van der Waals surface area contributed by atoms with Crippen LogP contribution >= 0.6 is 0 Å². The number of pyridine rings is 1. The van der Waals surface area contributed by atoms with Crippen LogP contribution in [0.2, 0.25) is 0 Å². The van der Waals surface area contributed by atoms with Gasteiger partial charge >= 0.3 is 0 Å². The fourth-order valence-corrected chi connectivity index (χ4v) is 2.69. The van der Waals surface area contributed by atoms with E-state index in [1.165, 1.54) is 6.07 Å². The number of nitrogens with zero attached hydrogens (tertiary/aromatic N) is 1. The molecule has 1 aromatic heterocycles. The average Bonchev–Trinajstić information content (AvgIpc) is 2.91. The fraction of sp³-hybridized carbons (Fsp3) is 0.571. The van der Waals surface area contributed by atoms with Crippen LogP contribution in [0.4, 0.5) is 5.69 Å². The molecule has 1 heterocycles. The molecule has 0 radical (unpaired) electrons. The van der Waals surface area contributed by atoms with Crippen LogP contribution in [0.1, 0.15) is 32.6 Å². The minimum absolute atomic E-state index is 0.0196. The summed E-state index contributed by atoms with van der Waals surface area (Å²) in [4.78, 5) is 23.9. The second-order valence-corrected chi connectivity index (χ2v) is 5.19. The summed E-state index contributed by atoms with van der Waals surface area (Å²) < 4.78 is 1.57. The maximum Gasteiger partial charge on any atom is 0.250 e. The first-order valence-corrected chi connectivity index (χ1v) is 6.83. The molecule has 0 spiro atoms. The van der Waals surface area contributed by atoms with Crippen LogP contribution in [0.15, 0.2) is 23.1 Å². The van der Waals surface area contributed by atoms with Gasteiger partial charge in [-0.15, -0.1) is 0 Å². The van der Waals surface area contributed by atoms with E-state index in [0.29, 0.717) is 18.8 Å². The Bertz CT molecular complexity index is 516. The number of carbonyl (C=O) groups excluding carboxylic acids is 1. The van der Waals surface area contributed by atoms with Crippen LogP contribution in [-0.2, 0) is 11.3 Å². The summed E-state index contributed by atoms with van der Waals surface area (Å²) in [5.74, 6) is -0.0196. The molecule has 5 nitrogen and oxygen atoms in total. The van der Waals surface area contributed by atoms with Gasteiger partial charge in [-0.1, -0.05) is 12.8 Å². The Morgan fingerprint density at radius 2 is 2.11 bits per heavy atom. The number of nitrogens with one attached hydrogen (secondary N) is 1. The van der Waals surface area contributed by atoms with Crippen LogP contribution in [0.25, 0.3) is 0 Å². The quantitative estimate of drug-likeness (QED) is 0.860. The molecule has 5 heteroatoms. The maximum atomic E-state index is 12.4. The highest BCUT2D eigenvalue weighted by Gasteiger charge is 2.39. The molecule has 1 aliphatic carbocycles. The molecule has 0 bridgehead atoms. The molecule has 0 saturated heterocycles. The van der Waals surface area contributed by atoms with Gasteiger partial charge in [0.05, 0.1) is 11.1 Å². The summed E-state index contributed by atoms with van der Waals surface area (Å²) in [6.07, 6.45) is 5.49. The van der Waals surface area contributed by atoms with E-state index in [0.717, 1.165) is 25.7 Å². The van der Waals surface area contributed by atoms with Gasteiger partial charge in [0.25, 0.3) is 5.56 Å². The highest BCUT2D eigenvalue weighted by Crippen LogP contribution is 2.38. The maximum absolute atomic E-state index is 12.4. The van der Waals surface area contributed by atoms with E-state index in [4.69, 9.17) is 5.73 Å². The van der Waals surface area contributed by atoms with E-state index < -0.39 is 5.41 Å². The molecule has 0 aliphatic heterocycles. The molecule has 0 aromatic carbocycles. The first kappa shape index (κ1) is 13.8. The lowest BCUT2D eigenvalue weighted by Gasteiger charge is -2.25. The van der Waals surface area contributed by atoms with Crippen LogP contribution in [-0.4, -0.2) is 17.0 Å². The Balaban J connectivity index is 2.16. The number of nitrogens with two attached hydrogens (primary N) is 1. The molecule has 1 amide bonds. The number of hydrogen-bond acceptors (Lipinski definition) is 3. The molecule has 1 saturated carbocycles. The summed E-state index contributed by atoms with van der Waals surface area (Å²) >= 11 is 0. The van der Waals surface area contributed by atoms with Gasteiger partial charge in [-0.05, 0) is 25.8 Å². The Kier molecular flexibility index (Phi) is 4.04. The minimum atomic E-state index is -0.423. The van der Waals surface area contributed by atoms with Gasteiger partial charge in [0.2, 0.25) is 5.91 Å². The summed E-state index contributed by atoms with van der Waals surface area (Å²) in [6.45, 7) is 2.86. The second kappa shape index (κ2) is 5.57. The Morgan fingerprint density at radius 1 is 1.42 bits per heavy atom. The summed E-state index contributed by atoms with van der Waals surface area (Å²) in [7, 11) is 0. The molecule has 19 heavy (non-hydrogen) atoms. The second-order valence-electron chi connectivity index (χ2n) is 5.19. The van der Waals surface area contributed by atoms with Gasteiger partial charge < -0.3 is 15.6 Å². The average molecular weight is 263 g/mol. The predicted octanol–water partition coefficient (Wildman–Crippen LogP) is 1.33. The zero-order valence-electron chi connectivity index (χ0n) is 11.3. The van der Waals surface area contributed by atoms with Crippen LogP contribution < -0.4 is 16.6 Å². The molecule has 1 fully saturated rings. The Labute approximate surface area is 112 Å². The summed E-state index contributed by atoms with van der Waals surface area (Å²) in [5.41, 5.74) is 5.96. The molecule has 0 atom stereocenters. The molecule has 0 unspecified atom stereocenters. The fourth-order valence-electron chi connectivity index (χ4n) is 2.69. The van der Waals surface area contributed by atoms with Crippen LogP contribution in [0, 0.1) is 5.41 Å². The van der Waals surface area contributed by atoms with E-state index in [1.807, 2.05) is 6.92 Å². The van der Waals surface area contributed by atoms with Crippen molar-refractivity contribution in [2.75, 3.05) is 11.9 Å². The lowest BCUT2D eigenvalue weighted by Crippen LogP contribution is -2.40. The van der Waals surface area contributed by atoms with Gasteiger partial charge in [-0.3, -0.25) is 9.59 Å². The zero-order valence-corrected chi connectivity index (χ0v) is 11.3. The molecule has 2 rings (SSSR count). The van der Waals surface area contributed by atoms with Crippen molar-refractivity contribution in [1.29, 1.82) is 0 Å². The van der Waals surface area contributed by atoms with E-state index in [9.17, 15) is 9.59 Å². The summed E-state index contributed by atoms with van der Waals surface area (Å²) in [6, 6.07) is 3.12. The molecule has 104 valence electrons. The van der Waals surface area contributed by atoms with Gasteiger partial charge in [-0.2, -0.15) is 0 Å². The van der Waals surface area contributed by atoms with Gasteiger partial charge in [0.15, 0.2) is 0 Å². The minimum Gasteiger partial charge on any atom is -0.329 e. The lowest BCUT2D eigenvalue weighted by atomic mass is 9.85. The van der Waals surface area contributed by atoms with Crippen molar-refractivity contribution in [1.82, 2.24) is 4.57 Å². The third kappa shape index (κ3) is 2.71. The number of aromatic nitrogens is 1. The lowest BCUT2D eigenvalue weighted by molar-refractivity contribution is -0.124. The van der Waals surface area contributed by atoms with E-state index in [2.05, 4.69) is 5.32 Å².